The van der Waals surface area contributed by atoms with Gasteiger partial charge in [0.25, 0.3) is 5.69 Å². The van der Waals surface area contributed by atoms with E-state index < -0.39 is 4.92 Å². The van der Waals surface area contributed by atoms with Crippen molar-refractivity contribution < 1.29 is 14.5 Å². The molecule has 0 aromatic heterocycles. The van der Waals surface area contributed by atoms with Crippen molar-refractivity contribution >= 4 is 23.2 Å². The predicted molar refractivity (Wildman–Crippen MR) is 80.3 cm³/mol. The molecule has 0 spiro atoms. The van der Waals surface area contributed by atoms with E-state index in [0.29, 0.717) is 17.5 Å². The molecular weight excluding hydrogens is 296 g/mol. The normalized spacial score (nSPS) is 39.4. The van der Waals surface area contributed by atoms with Crippen molar-refractivity contribution in [2.45, 2.75) is 6.42 Å². The lowest BCUT2D eigenvalue weighted by Gasteiger charge is -2.37. The maximum Gasteiger partial charge on any atom is 0.269 e. The van der Waals surface area contributed by atoms with Crippen LogP contribution in [0.15, 0.2) is 36.4 Å². The fraction of sp³-hybridized carbons (Fsp3) is 0.412. The second-order valence-corrected chi connectivity index (χ2v) is 6.94. The first-order valence-electron chi connectivity index (χ1n) is 7.88. The van der Waals surface area contributed by atoms with Crippen molar-refractivity contribution in [1.82, 2.24) is 0 Å². The van der Waals surface area contributed by atoms with E-state index in [1.165, 1.54) is 29.2 Å². The minimum atomic E-state index is -0.491. The SMILES string of the molecule is O=C1[C@@H]2[C@@H]3C=C[C@H]([C@@H]4C[C@H]34)[C@@H]2C(=O)N1c1ccc([N+](=O)[O-])cc1. The maximum absolute atomic E-state index is 12.9. The molecule has 1 aliphatic heterocycles. The number of amides is 2. The molecule has 1 aromatic rings. The quantitative estimate of drug-likeness (QED) is 0.363. The third-order valence-electron chi connectivity index (χ3n) is 5.98. The van der Waals surface area contributed by atoms with Gasteiger partial charge in [-0.3, -0.25) is 24.6 Å². The Labute approximate surface area is 131 Å². The summed E-state index contributed by atoms with van der Waals surface area (Å²) in [4.78, 5) is 37.2. The first-order chi connectivity index (χ1) is 11.1. The summed E-state index contributed by atoms with van der Waals surface area (Å²) >= 11 is 0. The van der Waals surface area contributed by atoms with Crippen LogP contribution in [0.1, 0.15) is 6.42 Å². The molecule has 1 aromatic carbocycles. The molecule has 6 rings (SSSR count). The number of imide groups is 1. The van der Waals surface area contributed by atoms with Crippen molar-refractivity contribution in [3.63, 3.8) is 0 Å². The van der Waals surface area contributed by atoms with Crippen LogP contribution in [0.2, 0.25) is 0 Å². The van der Waals surface area contributed by atoms with Crippen molar-refractivity contribution in [3.8, 4) is 0 Å². The number of benzene rings is 1. The zero-order chi connectivity index (χ0) is 15.9. The molecule has 0 unspecified atom stereocenters. The number of carbonyl (C=O) groups excluding carboxylic acids is 2. The van der Waals surface area contributed by atoms with Gasteiger partial charge in [0.05, 0.1) is 22.4 Å². The van der Waals surface area contributed by atoms with Gasteiger partial charge in [0, 0.05) is 12.1 Å². The van der Waals surface area contributed by atoms with Gasteiger partial charge in [-0.25, -0.2) is 0 Å². The molecule has 1 heterocycles. The van der Waals surface area contributed by atoms with Crippen LogP contribution in [0.5, 0.6) is 0 Å². The molecule has 0 N–H and O–H groups in total. The molecule has 4 aliphatic carbocycles. The number of hydrogen-bond donors (Lipinski definition) is 0. The van der Waals surface area contributed by atoms with Crippen molar-refractivity contribution in [3.05, 3.63) is 46.5 Å². The van der Waals surface area contributed by atoms with Crippen LogP contribution < -0.4 is 4.90 Å². The lowest BCUT2D eigenvalue weighted by Crippen LogP contribution is -2.40. The van der Waals surface area contributed by atoms with Gasteiger partial charge in [0.15, 0.2) is 0 Å². The molecule has 2 amide bonds. The fourth-order valence-corrected chi connectivity index (χ4v) is 4.93. The lowest BCUT2D eigenvalue weighted by atomic mass is 9.63. The zero-order valence-corrected chi connectivity index (χ0v) is 12.2. The smallest absolute Gasteiger partial charge is 0.269 e. The summed E-state index contributed by atoms with van der Waals surface area (Å²) in [5.74, 6) is 0.758. The Bertz CT molecular complexity index is 748. The summed E-state index contributed by atoms with van der Waals surface area (Å²) in [5.41, 5.74) is 0.390. The summed E-state index contributed by atoms with van der Waals surface area (Å²) in [6, 6.07) is 5.65. The second-order valence-electron chi connectivity index (χ2n) is 6.94. The van der Waals surface area contributed by atoms with Crippen molar-refractivity contribution in [2.24, 2.45) is 35.5 Å². The highest BCUT2D eigenvalue weighted by atomic mass is 16.6. The number of carbonyl (C=O) groups is 2. The molecule has 6 nitrogen and oxygen atoms in total. The van der Waals surface area contributed by atoms with Crippen LogP contribution >= 0.6 is 0 Å². The van der Waals surface area contributed by atoms with Crippen LogP contribution in [0, 0.1) is 45.6 Å². The third-order valence-corrected chi connectivity index (χ3v) is 5.98. The monoisotopic (exact) mass is 310 g/mol. The molecule has 2 saturated carbocycles. The minimum absolute atomic E-state index is 0.0479. The summed E-state index contributed by atoms with van der Waals surface area (Å²) < 4.78 is 0. The molecule has 3 fully saturated rings. The van der Waals surface area contributed by atoms with E-state index in [9.17, 15) is 19.7 Å². The molecule has 1 saturated heterocycles. The summed E-state index contributed by atoms with van der Waals surface area (Å²) in [7, 11) is 0. The van der Waals surface area contributed by atoms with Gasteiger partial charge in [0.2, 0.25) is 11.8 Å². The third kappa shape index (κ3) is 1.53. The predicted octanol–water partition coefficient (Wildman–Crippen LogP) is 2.15. The molecule has 6 heteroatoms. The topological polar surface area (TPSA) is 80.5 Å². The lowest BCUT2D eigenvalue weighted by molar-refractivity contribution is -0.384. The Morgan fingerprint density at radius 3 is 1.96 bits per heavy atom. The fourth-order valence-electron chi connectivity index (χ4n) is 4.93. The van der Waals surface area contributed by atoms with Crippen LogP contribution in [-0.2, 0) is 9.59 Å². The summed E-state index contributed by atoms with van der Waals surface area (Å²) in [6.07, 6.45) is 5.39. The van der Waals surface area contributed by atoms with Crippen LogP contribution in [0.3, 0.4) is 0 Å². The van der Waals surface area contributed by atoms with Gasteiger partial charge in [-0.15, -0.1) is 0 Å². The number of non-ortho nitro benzene ring substituents is 1. The van der Waals surface area contributed by atoms with E-state index in [0.717, 1.165) is 6.42 Å². The van der Waals surface area contributed by atoms with Gasteiger partial charge in [-0.1, -0.05) is 12.2 Å². The number of nitro benzene ring substituents is 1. The van der Waals surface area contributed by atoms with E-state index in [-0.39, 0.29) is 41.2 Å². The van der Waals surface area contributed by atoms with Gasteiger partial charge in [-0.05, 0) is 42.2 Å². The molecule has 0 radical (unpaired) electrons. The Hall–Kier alpha value is -2.50. The Kier molecular flexibility index (Phi) is 2.30. The summed E-state index contributed by atoms with van der Waals surface area (Å²) in [6.45, 7) is 0. The Morgan fingerprint density at radius 2 is 1.48 bits per heavy atom. The molecular formula is C17H14N2O4. The van der Waals surface area contributed by atoms with Gasteiger partial charge < -0.3 is 0 Å². The van der Waals surface area contributed by atoms with Crippen molar-refractivity contribution in [1.29, 1.82) is 0 Å². The molecule has 5 aliphatic rings. The largest absolute Gasteiger partial charge is 0.274 e. The number of nitrogens with zero attached hydrogens (tertiary/aromatic N) is 2. The van der Waals surface area contributed by atoms with E-state index >= 15 is 0 Å². The van der Waals surface area contributed by atoms with Gasteiger partial charge >= 0.3 is 0 Å². The Balaban J connectivity index is 1.53. The number of hydrogen-bond acceptors (Lipinski definition) is 4. The summed E-state index contributed by atoms with van der Waals surface area (Å²) in [5, 5.41) is 10.8. The van der Waals surface area contributed by atoms with E-state index in [1.54, 1.807) is 0 Å². The van der Waals surface area contributed by atoms with E-state index in [4.69, 9.17) is 0 Å². The molecule has 6 atom stereocenters. The number of nitro groups is 1. The van der Waals surface area contributed by atoms with E-state index in [2.05, 4.69) is 12.2 Å². The highest BCUT2D eigenvalue weighted by Crippen LogP contribution is 2.65. The average Bonchev–Trinajstić information content (AvgIpc) is 3.32. The maximum atomic E-state index is 12.9. The van der Waals surface area contributed by atoms with Crippen LogP contribution in [0.4, 0.5) is 11.4 Å². The van der Waals surface area contributed by atoms with Crippen LogP contribution in [-0.4, -0.2) is 16.7 Å². The zero-order valence-electron chi connectivity index (χ0n) is 12.2. The number of rotatable bonds is 2. The second kappa shape index (κ2) is 4.07. The molecule has 23 heavy (non-hydrogen) atoms. The Morgan fingerprint density at radius 1 is 0.957 bits per heavy atom. The molecule has 116 valence electrons. The first-order valence-corrected chi connectivity index (χ1v) is 7.88. The first kappa shape index (κ1) is 13.0. The van der Waals surface area contributed by atoms with Crippen molar-refractivity contribution in [2.75, 3.05) is 4.90 Å². The van der Waals surface area contributed by atoms with E-state index in [1.807, 2.05) is 0 Å². The van der Waals surface area contributed by atoms with Gasteiger partial charge in [-0.2, -0.15) is 0 Å². The average molecular weight is 310 g/mol. The highest BCUT2D eigenvalue weighted by molar-refractivity contribution is 6.22. The molecule has 2 bridgehead atoms. The number of allylic oxidation sites excluding steroid dienone is 2. The minimum Gasteiger partial charge on any atom is -0.274 e. The standard InChI is InChI=1S/C17H14N2O4/c20-16-14-10-5-6-11(13-7-12(10)13)15(14)17(21)18(16)8-1-3-9(4-2-8)19(22)23/h1-6,10-15H,7H2/t10-,11-,12-,13+,14-,15+/m1/s1. The van der Waals surface area contributed by atoms with Gasteiger partial charge in [0.1, 0.15) is 0 Å². The number of anilines is 1. The highest BCUT2D eigenvalue weighted by Gasteiger charge is 2.67. The van der Waals surface area contributed by atoms with Crippen LogP contribution in [0.25, 0.3) is 0 Å².